The second-order valence-electron chi connectivity index (χ2n) is 4.58. The summed E-state index contributed by atoms with van der Waals surface area (Å²) in [6.07, 6.45) is 0.778. The van der Waals surface area contributed by atoms with Crippen molar-refractivity contribution in [1.82, 2.24) is 0 Å². The lowest BCUT2D eigenvalue weighted by Crippen LogP contribution is -2.44. The van der Waals surface area contributed by atoms with Crippen molar-refractivity contribution in [2.24, 2.45) is 5.92 Å². The van der Waals surface area contributed by atoms with Crippen LogP contribution in [0.15, 0.2) is 18.2 Å². The van der Waals surface area contributed by atoms with Gasteiger partial charge in [-0.25, -0.2) is 4.39 Å². The van der Waals surface area contributed by atoms with Crippen LogP contribution in [0.25, 0.3) is 0 Å². The molecular weight excluding hydrogens is 374 g/mol. The molecule has 4 nitrogen and oxygen atoms in total. The van der Waals surface area contributed by atoms with E-state index >= 15 is 0 Å². The Bertz CT molecular complexity index is 597. The summed E-state index contributed by atoms with van der Waals surface area (Å²) in [5.41, 5.74) is 0.199. The highest BCUT2D eigenvalue weighted by Crippen LogP contribution is 2.28. The fourth-order valence-electron chi connectivity index (χ4n) is 2.31. The van der Waals surface area contributed by atoms with Gasteiger partial charge in [0.15, 0.2) is 5.78 Å². The molecule has 2 rings (SSSR count). The summed E-state index contributed by atoms with van der Waals surface area (Å²) >= 11 is 1.99. The third-order valence-electron chi connectivity index (χ3n) is 3.28. The van der Waals surface area contributed by atoms with Gasteiger partial charge < -0.3 is 4.90 Å². The van der Waals surface area contributed by atoms with E-state index in [9.17, 15) is 14.0 Å². The number of amides is 1. The van der Waals surface area contributed by atoms with Gasteiger partial charge in [-0.3, -0.25) is 9.59 Å². The molecule has 1 aliphatic heterocycles. The van der Waals surface area contributed by atoms with Crippen LogP contribution in [0, 0.1) is 26.6 Å². The van der Waals surface area contributed by atoms with E-state index < -0.39 is 17.6 Å². The largest absolute Gasteiger partial charge is 0.309 e. The lowest BCUT2D eigenvalue weighted by molar-refractivity contribution is -0.133. The fraction of sp³-hybridized carbons (Fsp3) is 0.357. The molecule has 0 saturated carbocycles. The monoisotopic (exact) mass is 386 g/mol. The first-order valence-electron chi connectivity index (χ1n) is 6.20. The highest BCUT2D eigenvalue weighted by Gasteiger charge is 2.35. The Balaban J connectivity index is 2.26. The number of halogens is 2. The van der Waals surface area contributed by atoms with Gasteiger partial charge in [-0.15, -0.1) is 0 Å². The first kappa shape index (κ1) is 14.9. The zero-order valence-corrected chi connectivity index (χ0v) is 12.8. The molecule has 1 amide bonds. The Morgan fingerprint density at radius 3 is 2.95 bits per heavy atom. The summed E-state index contributed by atoms with van der Waals surface area (Å²) in [5, 5.41) is 8.55. The lowest BCUT2D eigenvalue weighted by Gasteiger charge is -2.31. The van der Waals surface area contributed by atoms with Crippen LogP contribution >= 0.6 is 22.6 Å². The van der Waals surface area contributed by atoms with Gasteiger partial charge in [0.05, 0.1) is 24.1 Å². The van der Waals surface area contributed by atoms with Gasteiger partial charge in [-0.1, -0.05) is 0 Å². The third-order valence-corrected chi connectivity index (χ3v) is 3.95. The second-order valence-corrected chi connectivity index (χ2v) is 5.83. The van der Waals surface area contributed by atoms with Crippen molar-refractivity contribution in [2.75, 3.05) is 11.4 Å². The van der Waals surface area contributed by atoms with Crippen molar-refractivity contribution in [2.45, 2.75) is 19.3 Å². The molecule has 104 valence electrons. The van der Waals surface area contributed by atoms with Crippen LogP contribution in [0.2, 0.25) is 0 Å². The number of benzene rings is 1. The number of rotatable bonds is 3. The van der Waals surface area contributed by atoms with E-state index in [1.807, 2.05) is 22.6 Å². The molecule has 1 aromatic carbocycles. The van der Waals surface area contributed by atoms with Crippen LogP contribution in [-0.2, 0) is 9.59 Å². The third kappa shape index (κ3) is 2.98. The van der Waals surface area contributed by atoms with E-state index in [1.54, 1.807) is 18.2 Å². The molecule has 0 bridgehead atoms. The maximum absolute atomic E-state index is 13.9. The first-order valence-corrected chi connectivity index (χ1v) is 7.28. The van der Waals surface area contributed by atoms with E-state index in [1.165, 1.54) is 11.0 Å². The van der Waals surface area contributed by atoms with Crippen LogP contribution in [0.3, 0.4) is 0 Å². The smallest absolute Gasteiger partial charge is 0.237 e. The Morgan fingerprint density at radius 1 is 1.55 bits per heavy atom. The van der Waals surface area contributed by atoms with E-state index in [-0.39, 0.29) is 17.9 Å². The summed E-state index contributed by atoms with van der Waals surface area (Å²) in [6, 6.07) is 6.38. The van der Waals surface area contributed by atoms with Crippen molar-refractivity contribution in [3.8, 4) is 6.07 Å². The molecule has 1 heterocycles. The van der Waals surface area contributed by atoms with Crippen LogP contribution in [0.1, 0.15) is 19.3 Å². The van der Waals surface area contributed by atoms with Crippen molar-refractivity contribution in [3.63, 3.8) is 0 Å². The highest BCUT2D eigenvalue weighted by molar-refractivity contribution is 14.1. The summed E-state index contributed by atoms with van der Waals surface area (Å²) in [4.78, 5) is 25.4. The zero-order valence-electron chi connectivity index (χ0n) is 10.6. The molecule has 0 unspecified atom stereocenters. The van der Waals surface area contributed by atoms with Crippen LogP contribution in [0.5, 0.6) is 0 Å². The Morgan fingerprint density at radius 2 is 2.30 bits per heavy atom. The maximum atomic E-state index is 13.9. The fourth-order valence-corrected chi connectivity index (χ4v) is 2.77. The van der Waals surface area contributed by atoms with Gasteiger partial charge in [0.2, 0.25) is 5.91 Å². The normalized spacial score (nSPS) is 18.8. The quantitative estimate of drug-likeness (QED) is 0.593. The molecule has 1 atom stereocenters. The molecule has 0 aliphatic carbocycles. The summed E-state index contributed by atoms with van der Waals surface area (Å²) in [6.45, 7) is 0.396. The van der Waals surface area contributed by atoms with Gasteiger partial charge in [-0.2, -0.15) is 5.26 Å². The average molecular weight is 386 g/mol. The molecule has 0 spiro atoms. The number of nitriles is 1. The van der Waals surface area contributed by atoms with Gasteiger partial charge in [0.25, 0.3) is 0 Å². The van der Waals surface area contributed by atoms with E-state index in [4.69, 9.17) is 5.26 Å². The van der Waals surface area contributed by atoms with Crippen molar-refractivity contribution >= 4 is 40.0 Å². The lowest BCUT2D eigenvalue weighted by atomic mass is 9.91. The Hall–Kier alpha value is -1.49. The van der Waals surface area contributed by atoms with Crippen molar-refractivity contribution in [1.29, 1.82) is 5.26 Å². The van der Waals surface area contributed by atoms with E-state index in [2.05, 4.69) is 0 Å². The van der Waals surface area contributed by atoms with Gasteiger partial charge in [-0.05, 0) is 53.6 Å². The number of carbonyl (C=O) groups excluding carboxylic acids is 2. The minimum absolute atomic E-state index is 0.199. The van der Waals surface area contributed by atoms with Crippen molar-refractivity contribution in [3.05, 3.63) is 27.6 Å². The minimum Gasteiger partial charge on any atom is -0.309 e. The summed E-state index contributed by atoms with van der Waals surface area (Å²) in [7, 11) is 0. The molecule has 0 N–H and O–H groups in total. The van der Waals surface area contributed by atoms with Crippen LogP contribution < -0.4 is 4.90 Å². The molecular formula is C14H12FIN2O2. The molecule has 1 saturated heterocycles. The number of nitrogens with zero attached hydrogens (tertiary/aromatic N) is 2. The van der Waals surface area contributed by atoms with Crippen LogP contribution in [-0.4, -0.2) is 18.2 Å². The van der Waals surface area contributed by atoms with Gasteiger partial charge in [0.1, 0.15) is 5.82 Å². The predicted molar refractivity (Wildman–Crippen MR) is 79.4 cm³/mol. The highest BCUT2D eigenvalue weighted by atomic mass is 127. The number of anilines is 1. The minimum atomic E-state index is -0.818. The first-order chi connectivity index (χ1) is 9.54. The average Bonchev–Trinajstić information content (AvgIpc) is 2.40. The molecule has 0 aromatic heterocycles. The van der Waals surface area contributed by atoms with E-state index in [0.29, 0.717) is 19.4 Å². The maximum Gasteiger partial charge on any atom is 0.237 e. The number of hydrogen-bond donors (Lipinski definition) is 0. The van der Waals surface area contributed by atoms with Gasteiger partial charge in [0, 0.05) is 10.1 Å². The second kappa shape index (κ2) is 6.31. The molecule has 6 heteroatoms. The molecule has 20 heavy (non-hydrogen) atoms. The molecule has 1 aliphatic rings. The Labute approximate surface area is 129 Å². The molecule has 0 radical (unpaired) electrons. The molecule has 1 fully saturated rings. The molecule has 1 aromatic rings. The zero-order chi connectivity index (χ0) is 14.7. The Kier molecular flexibility index (Phi) is 4.70. The summed E-state index contributed by atoms with van der Waals surface area (Å²) < 4.78 is 14.7. The standard InChI is InChI=1S/C14H12FIN2O2/c15-11-8-9(16)3-4-12(11)18-7-1-2-10(14(18)20)13(19)5-6-17/h3-4,8,10H,1-2,5,7H2/t10-/m0/s1. The number of ketones is 1. The SMILES string of the molecule is N#CCC(=O)[C@@H]1CCCN(c2ccc(I)cc2F)C1=O. The summed E-state index contributed by atoms with van der Waals surface area (Å²) in [5.74, 6) is -2.08. The predicted octanol–water partition coefficient (Wildman–Crippen LogP) is 2.66. The van der Waals surface area contributed by atoms with Crippen molar-refractivity contribution < 1.29 is 14.0 Å². The number of Topliss-reactive ketones (excluding diaryl/α,β-unsaturated/α-hetero) is 1. The van der Waals surface area contributed by atoms with Gasteiger partial charge >= 0.3 is 0 Å². The number of carbonyl (C=O) groups is 2. The number of hydrogen-bond acceptors (Lipinski definition) is 3. The van der Waals surface area contributed by atoms with E-state index in [0.717, 1.165) is 3.57 Å². The number of piperidine rings is 1. The van der Waals surface area contributed by atoms with Crippen LogP contribution in [0.4, 0.5) is 10.1 Å². The topological polar surface area (TPSA) is 61.2 Å².